The molecule has 0 bridgehead atoms. The van der Waals surface area contributed by atoms with Gasteiger partial charge in [-0.3, -0.25) is 9.98 Å². The number of hydrogen-bond donors (Lipinski definition) is 2. The summed E-state index contributed by atoms with van der Waals surface area (Å²) in [6.07, 6.45) is 9.41. The van der Waals surface area contributed by atoms with Gasteiger partial charge in [-0.15, -0.1) is 0 Å². The normalized spacial score (nSPS) is 15.0. The number of rotatable bonds is 7. The van der Waals surface area contributed by atoms with E-state index in [1.54, 1.807) is 33.2 Å². The van der Waals surface area contributed by atoms with Gasteiger partial charge in [0.2, 0.25) is 0 Å². The predicted molar refractivity (Wildman–Crippen MR) is 167 cm³/mol. The number of aliphatic imine (C=N–C) groups is 1. The van der Waals surface area contributed by atoms with E-state index in [4.69, 9.17) is 22.1 Å². The first kappa shape index (κ1) is 30.4. The number of nitrogen functional groups attached to an aromatic ring is 1. The Labute approximate surface area is 237 Å². The molecule has 0 radical (unpaired) electrons. The Balaban J connectivity index is 0.000000252. The number of fused-ring (bicyclic) bond motifs is 1. The summed E-state index contributed by atoms with van der Waals surface area (Å²) in [6.45, 7) is 13.3. The molecule has 1 aliphatic rings. The van der Waals surface area contributed by atoms with Crippen LogP contribution in [-0.4, -0.2) is 47.7 Å². The van der Waals surface area contributed by atoms with Gasteiger partial charge in [0.05, 0.1) is 35.0 Å². The Bertz CT molecular complexity index is 1340. The lowest BCUT2D eigenvalue weighted by Gasteiger charge is -2.29. The van der Waals surface area contributed by atoms with Gasteiger partial charge >= 0.3 is 0 Å². The lowest BCUT2D eigenvalue weighted by Crippen LogP contribution is -2.36. The molecule has 0 unspecified atom stereocenters. The van der Waals surface area contributed by atoms with Gasteiger partial charge in [-0.1, -0.05) is 55.8 Å². The summed E-state index contributed by atoms with van der Waals surface area (Å²) in [6, 6.07) is 14.6. The van der Waals surface area contributed by atoms with E-state index in [0.29, 0.717) is 16.4 Å². The van der Waals surface area contributed by atoms with Crippen LogP contribution in [0.3, 0.4) is 0 Å². The third-order valence-electron chi connectivity index (χ3n) is 6.71. The van der Waals surface area contributed by atoms with E-state index < -0.39 is 5.60 Å². The van der Waals surface area contributed by atoms with Crippen molar-refractivity contribution >= 4 is 45.2 Å². The molecule has 0 saturated carbocycles. The highest BCUT2D eigenvalue weighted by Crippen LogP contribution is 2.29. The van der Waals surface area contributed by atoms with Crippen LogP contribution in [0.2, 0.25) is 5.02 Å². The lowest BCUT2D eigenvalue weighted by atomic mass is 10.0. The van der Waals surface area contributed by atoms with E-state index >= 15 is 0 Å². The van der Waals surface area contributed by atoms with Crippen molar-refractivity contribution in [3.05, 3.63) is 83.2 Å². The van der Waals surface area contributed by atoms with Crippen LogP contribution in [0.25, 0.3) is 16.5 Å². The molecule has 0 amide bonds. The highest BCUT2D eigenvalue weighted by molar-refractivity contribution is 6.34. The molecule has 0 spiro atoms. The van der Waals surface area contributed by atoms with E-state index in [9.17, 15) is 5.11 Å². The number of aryl methyl sites for hydroxylation is 1. The first-order valence-electron chi connectivity index (χ1n) is 13.5. The molecule has 7 heteroatoms. The van der Waals surface area contributed by atoms with E-state index in [0.717, 1.165) is 61.2 Å². The van der Waals surface area contributed by atoms with Crippen molar-refractivity contribution in [1.82, 2.24) is 4.98 Å². The molecule has 39 heavy (non-hydrogen) atoms. The van der Waals surface area contributed by atoms with Crippen molar-refractivity contribution in [2.24, 2.45) is 4.99 Å². The van der Waals surface area contributed by atoms with Gasteiger partial charge in [0.1, 0.15) is 0 Å². The minimum Gasteiger partial charge on any atom is -0.397 e. The molecule has 3 N–H and O–H groups in total. The molecule has 3 aromatic rings. The highest BCUT2D eigenvalue weighted by Gasteiger charge is 2.16. The number of nitrogens with two attached hydrogens (primary N) is 1. The number of halogens is 1. The van der Waals surface area contributed by atoms with Crippen LogP contribution in [-0.2, 0) is 11.2 Å². The number of aromatic nitrogens is 1. The number of pyridine rings is 1. The van der Waals surface area contributed by atoms with Gasteiger partial charge in [0.15, 0.2) is 0 Å². The molecule has 4 rings (SSSR count). The topological polar surface area (TPSA) is 84.0 Å². The smallest absolute Gasteiger partial charge is 0.0967 e. The van der Waals surface area contributed by atoms with E-state index in [2.05, 4.69) is 59.1 Å². The maximum atomic E-state index is 10.0. The van der Waals surface area contributed by atoms with Crippen LogP contribution in [0.1, 0.15) is 52.2 Å². The molecule has 0 atom stereocenters. The third kappa shape index (κ3) is 8.65. The van der Waals surface area contributed by atoms with Crippen molar-refractivity contribution in [1.29, 1.82) is 0 Å². The molecular weight excluding hydrogens is 508 g/mol. The summed E-state index contributed by atoms with van der Waals surface area (Å²) in [5, 5.41) is 11.3. The van der Waals surface area contributed by atoms with Gasteiger partial charge in [-0.25, -0.2) is 0 Å². The highest BCUT2D eigenvalue weighted by atomic mass is 35.5. The molecular formula is C32H41ClN4O2. The Kier molecular flexibility index (Phi) is 11.1. The molecule has 6 nitrogen and oxygen atoms in total. The number of allylic oxidation sites excluding steroid dienone is 3. The average molecular weight is 549 g/mol. The Morgan fingerprint density at radius 2 is 1.92 bits per heavy atom. The summed E-state index contributed by atoms with van der Waals surface area (Å²) in [5.74, 6) is 0. The maximum absolute atomic E-state index is 10.0. The van der Waals surface area contributed by atoms with Gasteiger partial charge in [0, 0.05) is 42.3 Å². The number of ether oxygens (including phenoxy) is 1. The van der Waals surface area contributed by atoms with Crippen LogP contribution in [0.4, 0.5) is 11.4 Å². The van der Waals surface area contributed by atoms with Crippen molar-refractivity contribution in [3.63, 3.8) is 0 Å². The predicted octanol–water partition coefficient (Wildman–Crippen LogP) is 7.09. The summed E-state index contributed by atoms with van der Waals surface area (Å²) in [7, 11) is 0. The van der Waals surface area contributed by atoms with Gasteiger partial charge in [-0.05, 0) is 74.6 Å². The van der Waals surface area contributed by atoms with Gasteiger partial charge in [-0.2, -0.15) is 0 Å². The second-order valence-electron chi connectivity index (χ2n) is 10.0. The van der Waals surface area contributed by atoms with Crippen LogP contribution < -0.4 is 10.6 Å². The van der Waals surface area contributed by atoms with Crippen LogP contribution in [0.15, 0.2) is 72.0 Å². The Morgan fingerprint density at radius 3 is 2.59 bits per heavy atom. The van der Waals surface area contributed by atoms with E-state index in [1.807, 2.05) is 24.3 Å². The van der Waals surface area contributed by atoms with E-state index in [-0.39, 0.29) is 0 Å². The van der Waals surface area contributed by atoms with Crippen LogP contribution >= 0.6 is 11.6 Å². The van der Waals surface area contributed by atoms with Gasteiger partial charge in [0.25, 0.3) is 0 Å². The Morgan fingerprint density at radius 1 is 1.18 bits per heavy atom. The van der Waals surface area contributed by atoms with Gasteiger partial charge < -0.3 is 20.5 Å². The number of benzene rings is 2. The van der Waals surface area contributed by atoms with E-state index in [1.165, 1.54) is 11.3 Å². The fourth-order valence-corrected chi connectivity index (χ4v) is 4.10. The number of nitrogens with zero attached hydrogens (tertiary/aromatic N) is 3. The number of aliphatic hydroxyl groups is 1. The third-order valence-corrected chi connectivity index (χ3v) is 7.01. The SMILES string of the molecule is CC/C=C/C(=C\N=C(C)C(C)(C)O)c1ccc2ncc(Cl)c(N)c2c1.CCc1cccc(N2CCOCC2)c1. The summed E-state index contributed by atoms with van der Waals surface area (Å²) in [5.41, 5.74) is 11.7. The molecule has 1 fully saturated rings. The van der Waals surface area contributed by atoms with Crippen molar-refractivity contribution in [3.8, 4) is 0 Å². The fraction of sp³-hybridized carbons (Fsp3) is 0.375. The molecule has 1 saturated heterocycles. The second-order valence-corrected chi connectivity index (χ2v) is 10.5. The number of hydrogen-bond acceptors (Lipinski definition) is 6. The van der Waals surface area contributed by atoms with Crippen LogP contribution in [0, 0.1) is 0 Å². The summed E-state index contributed by atoms with van der Waals surface area (Å²) >= 11 is 6.09. The Hall–Kier alpha value is -3.19. The fourth-order valence-electron chi connectivity index (χ4n) is 3.95. The minimum atomic E-state index is -0.957. The first-order chi connectivity index (χ1) is 18.6. The molecule has 2 aromatic carbocycles. The molecule has 0 aliphatic carbocycles. The maximum Gasteiger partial charge on any atom is 0.0967 e. The van der Waals surface area contributed by atoms with Crippen molar-refractivity contribution < 1.29 is 9.84 Å². The molecule has 1 aliphatic heterocycles. The minimum absolute atomic E-state index is 0.440. The zero-order valence-electron chi connectivity index (χ0n) is 23.7. The van der Waals surface area contributed by atoms with Crippen LogP contribution in [0.5, 0.6) is 0 Å². The largest absolute Gasteiger partial charge is 0.397 e. The monoisotopic (exact) mass is 548 g/mol. The standard InChI is InChI=1S/C20H24ClN3O.C12H17NO/c1-5-6-7-15(11-23-13(2)20(3,4)25)14-8-9-18-16(10-14)19(22)17(21)12-24-18;1-2-11-4-3-5-12(10-11)13-6-8-14-9-7-13/h6-12,25H,5H2,1-4H3,(H2,22,24);3-5,10H,2,6-9H2,1H3/b7-6+,15-11+,23-13?;. The molecule has 2 heterocycles. The van der Waals surface area contributed by atoms with Crippen molar-refractivity contribution in [2.75, 3.05) is 36.9 Å². The number of morpholine rings is 1. The zero-order valence-corrected chi connectivity index (χ0v) is 24.5. The summed E-state index contributed by atoms with van der Waals surface area (Å²) in [4.78, 5) is 11.1. The first-order valence-corrected chi connectivity index (χ1v) is 13.9. The lowest BCUT2D eigenvalue weighted by molar-refractivity contribution is 0.122. The summed E-state index contributed by atoms with van der Waals surface area (Å²) < 4.78 is 5.34. The molecule has 208 valence electrons. The molecule has 1 aromatic heterocycles. The zero-order chi connectivity index (χ0) is 28.4. The second kappa shape index (κ2) is 14.3. The average Bonchev–Trinajstić information content (AvgIpc) is 2.95. The quantitative estimate of drug-likeness (QED) is 0.243. The van der Waals surface area contributed by atoms with Crippen molar-refractivity contribution in [2.45, 2.75) is 53.1 Å². The number of anilines is 2.